The molecule has 0 radical (unpaired) electrons. The smallest absolute Gasteiger partial charge is 0.355 e. The SMILES string of the molecule is CC(=O)OCC1=C(C(=O)OCc2ccc(OC(=O)C(C)(C)C)cc2)N2C(=O)C(NC(=O)Cc3ccc(C[n+]4ccccc4)cc3)C2SC1. The molecule has 48 heavy (non-hydrogen) atoms. The summed E-state index contributed by atoms with van der Waals surface area (Å²) >= 11 is 1.37. The standard InChI is InChI=1S/C36H37N3O8S/c1-23(40)45-21-27-22-48-33-30(37-29(41)18-24-8-10-25(11-9-24)19-38-16-6-5-7-17-38)32(42)39(33)31(27)34(43)46-20-26-12-14-28(15-13-26)47-35(44)36(2,3)4/h5-17,30,33H,18-22H2,1-4H3/p+1. The van der Waals surface area contributed by atoms with Crippen molar-refractivity contribution in [3.8, 4) is 5.75 Å². The highest BCUT2D eigenvalue weighted by atomic mass is 32.2. The van der Waals surface area contributed by atoms with Crippen LogP contribution in [0.4, 0.5) is 0 Å². The minimum Gasteiger partial charge on any atom is -0.461 e. The summed E-state index contributed by atoms with van der Waals surface area (Å²) in [5.74, 6) is -1.75. The topological polar surface area (TPSA) is 132 Å². The monoisotopic (exact) mass is 672 g/mol. The molecule has 2 amide bonds. The number of hydrogen-bond donors (Lipinski definition) is 1. The van der Waals surface area contributed by atoms with E-state index >= 15 is 0 Å². The third kappa shape index (κ3) is 8.48. The number of nitrogens with zero attached hydrogens (tertiary/aromatic N) is 2. The van der Waals surface area contributed by atoms with Crippen LogP contribution in [-0.2, 0) is 53.0 Å². The Labute approximate surface area is 283 Å². The highest BCUT2D eigenvalue weighted by Gasteiger charge is 2.54. The van der Waals surface area contributed by atoms with E-state index in [1.807, 2.05) is 54.9 Å². The van der Waals surface area contributed by atoms with Gasteiger partial charge in [0.05, 0.1) is 11.8 Å². The molecule has 2 aliphatic rings. The van der Waals surface area contributed by atoms with Crippen LogP contribution < -0.4 is 14.6 Å². The molecule has 5 rings (SSSR count). The number of hydrogen-bond acceptors (Lipinski definition) is 9. The number of carbonyl (C=O) groups is 5. The predicted octanol–water partition coefficient (Wildman–Crippen LogP) is 3.48. The first-order valence-corrected chi connectivity index (χ1v) is 16.5. The molecule has 3 aromatic rings. The van der Waals surface area contributed by atoms with Gasteiger partial charge in [-0.05, 0) is 44.0 Å². The van der Waals surface area contributed by atoms with E-state index in [1.165, 1.54) is 23.6 Å². The molecular weight excluding hydrogens is 634 g/mol. The van der Waals surface area contributed by atoms with Crippen molar-refractivity contribution in [2.45, 2.75) is 58.7 Å². The van der Waals surface area contributed by atoms with Gasteiger partial charge in [0.15, 0.2) is 18.9 Å². The zero-order chi connectivity index (χ0) is 34.4. The zero-order valence-electron chi connectivity index (χ0n) is 27.3. The van der Waals surface area contributed by atoms with E-state index in [0.717, 1.165) is 11.1 Å². The summed E-state index contributed by atoms with van der Waals surface area (Å²) in [6, 6.07) is 19.3. The Bertz CT molecular complexity index is 1720. The van der Waals surface area contributed by atoms with Gasteiger partial charge < -0.3 is 19.5 Å². The lowest BCUT2D eigenvalue weighted by atomic mass is 9.97. The van der Waals surface area contributed by atoms with Crippen LogP contribution in [0.1, 0.15) is 44.4 Å². The molecular formula is C36H38N3O8S+. The highest BCUT2D eigenvalue weighted by molar-refractivity contribution is 8.00. The molecule has 250 valence electrons. The molecule has 11 nitrogen and oxygen atoms in total. The lowest BCUT2D eigenvalue weighted by Crippen LogP contribution is -2.70. The fourth-order valence-electron chi connectivity index (χ4n) is 5.03. The number of thioether (sulfide) groups is 1. The molecule has 2 unspecified atom stereocenters. The first kappa shape index (κ1) is 34.4. The molecule has 0 aliphatic carbocycles. The maximum absolute atomic E-state index is 13.4. The number of ether oxygens (including phenoxy) is 3. The number of β-lactam (4-membered cyclic amide) rings is 1. The van der Waals surface area contributed by atoms with Gasteiger partial charge in [-0.25, -0.2) is 9.36 Å². The van der Waals surface area contributed by atoms with Gasteiger partial charge in [-0.15, -0.1) is 11.8 Å². The second kappa shape index (κ2) is 14.8. The Hall–Kier alpha value is -4.97. The Morgan fingerprint density at radius 2 is 1.54 bits per heavy atom. The van der Waals surface area contributed by atoms with E-state index in [4.69, 9.17) is 14.2 Å². The Morgan fingerprint density at radius 1 is 0.896 bits per heavy atom. The van der Waals surface area contributed by atoms with Crippen molar-refractivity contribution in [1.82, 2.24) is 10.2 Å². The van der Waals surface area contributed by atoms with Crippen LogP contribution in [0.2, 0.25) is 0 Å². The fraction of sp³-hybridized carbons (Fsp3) is 0.333. The Balaban J connectivity index is 1.20. The van der Waals surface area contributed by atoms with Crippen molar-refractivity contribution < 1.29 is 42.8 Å². The molecule has 1 saturated heterocycles. The maximum atomic E-state index is 13.4. The van der Waals surface area contributed by atoms with Gasteiger partial charge in [0.2, 0.25) is 5.91 Å². The van der Waals surface area contributed by atoms with Crippen LogP contribution in [0.25, 0.3) is 0 Å². The van der Waals surface area contributed by atoms with E-state index in [0.29, 0.717) is 29.2 Å². The number of benzene rings is 2. The normalized spacial score (nSPS) is 17.2. The lowest BCUT2D eigenvalue weighted by Gasteiger charge is -2.49. The quantitative estimate of drug-likeness (QED) is 0.141. The number of fused-ring (bicyclic) bond motifs is 1. The van der Waals surface area contributed by atoms with Crippen LogP contribution in [0.15, 0.2) is 90.4 Å². The van der Waals surface area contributed by atoms with Gasteiger partial charge in [0, 0.05) is 35.9 Å². The molecule has 1 aromatic heterocycles. The number of amides is 2. The van der Waals surface area contributed by atoms with Crippen molar-refractivity contribution in [3.63, 3.8) is 0 Å². The second-order valence-corrected chi connectivity index (χ2v) is 13.7. The first-order chi connectivity index (χ1) is 22.9. The van der Waals surface area contributed by atoms with Gasteiger partial charge in [-0.3, -0.25) is 24.1 Å². The van der Waals surface area contributed by atoms with Gasteiger partial charge in [0.25, 0.3) is 5.91 Å². The fourth-order valence-corrected chi connectivity index (χ4v) is 6.35. The van der Waals surface area contributed by atoms with Crippen molar-refractivity contribution in [1.29, 1.82) is 0 Å². The molecule has 3 heterocycles. The molecule has 1 N–H and O–H groups in total. The third-order valence-electron chi connectivity index (χ3n) is 7.65. The van der Waals surface area contributed by atoms with E-state index in [9.17, 15) is 24.0 Å². The van der Waals surface area contributed by atoms with E-state index in [2.05, 4.69) is 9.88 Å². The zero-order valence-corrected chi connectivity index (χ0v) is 28.1. The number of carbonyl (C=O) groups excluding carboxylic acids is 5. The summed E-state index contributed by atoms with van der Waals surface area (Å²) < 4.78 is 18.2. The van der Waals surface area contributed by atoms with Crippen molar-refractivity contribution >= 4 is 41.5 Å². The third-order valence-corrected chi connectivity index (χ3v) is 8.99. The summed E-state index contributed by atoms with van der Waals surface area (Å²) in [4.78, 5) is 64.8. The molecule has 2 aliphatic heterocycles. The van der Waals surface area contributed by atoms with Gasteiger partial charge in [-0.2, -0.15) is 0 Å². The predicted molar refractivity (Wildman–Crippen MR) is 176 cm³/mol. The molecule has 1 fully saturated rings. The summed E-state index contributed by atoms with van der Waals surface area (Å²) in [5.41, 5.74) is 2.32. The van der Waals surface area contributed by atoms with Crippen LogP contribution in [0.3, 0.4) is 0 Å². The highest BCUT2D eigenvalue weighted by Crippen LogP contribution is 2.41. The number of pyridine rings is 1. The average molecular weight is 673 g/mol. The van der Waals surface area contributed by atoms with Crippen LogP contribution >= 0.6 is 11.8 Å². The van der Waals surface area contributed by atoms with Gasteiger partial charge >= 0.3 is 17.9 Å². The molecule has 0 spiro atoms. The summed E-state index contributed by atoms with van der Waals surface area (Å²) in [7, 11) is 0. The Kier molecular flexibility index (Phi) is 10.6. The summed E-state index contributed by atoms with van der Waals surface area (Å²) in [5, 5.41) is 2.31. The minimum atomic E-state index is -0.822. The summed E-state index contributed by atoms with van der Waals surface area (Å²) in [6.45, 7) is 6.95. The second-order valence-electron chi connectivity index (χ2n) is 12.6. The largest absolute Gasteiger partial charge is 0.461 e. The molecule has 2 aromatic carbocycles. The molecule has 0 saturated carbocycles. The molecule has 12 heteroatoms. The van der Waals surface area contributed by atoms with Crippen molar-refractivity contribution in [2.75, 3.05) is 12.4 Å². The van der Waals surface area contributed by atoms with Crippen molar-refractivity contribution in [3.05, 3.63) is 107 Å². The molecule has 2 atom stereocenters. The van der Waals surface area contributed by atoms with Crippen LogP contribution in [-0.4, -0.2) is 58.4 Å². The van der Waals surface area contributed by atoms with Crippen molar-refractivity contribution in [2.24, 2.45) is 5.41 Å². The van der Waals surface area contributed by atoms with Crippen LogP contribution in [0.5, 0.6) is 5.75 Å². The van der Waals surface area contributed by atoms with Gasteiger partial charge in [0.1, 0.15) is 36.1 Å². The molecule has 0 bridgehead atoms. The Morgan fingerprint density at radius 3 is 2.19 bits per heavy atom. The number of nitrogens with one attached hydrogen (secondary N) is 1. The number of esters is 3. The van der Waals surface area contributed by atoms with Crippen LogP contribution in [0, 0.1) is 5.41 Å². The van der Waals surface area contributed by atoms with E-state index < -0.39 is 34.7 Å². The number of aromatic nitrogens is 1. The van der Waals surface area contributed by atoms with Gasteiger partial charge in [-0.1, -0.05) is 42.5 Å². The lowest BCUT2D eigenvalue weighted by molar-refractivity contribution is -0.688. The number of rotatable bonds is 11. The van der Waals surface area contributed by atoms with E-state index in [1.54, 1.807) is 45.0 Å². The maximum Gasteiger partial charge on any atom is 0.355 e. The minimum absolute atomic E-state index is 0.0121. The average Bonchev–Trinajstić information content (AvgIpc) is 3.06. The van der Waals surface area contributed by atoms with E-state index in [-0.39, 0.29) is 37.2 Å². The summed E-state index contributed by atoms with van der Waals surface area (Å²) in [6.07, 6.45) is 4.06. The first-order valence-electron chi connectivity index (χ1n) is 15.5.